The third-order valence-electron chi connectivity index (χ3n) is 9.54. The fraction of sp³-hybridized carbons (Fsp3) is 0.471. The first kappa shape index (κ1) is 37.8. The number of nitrogens with two attached hydrogens (primary N) is 1. The van der Waals surface area contributed by atoms with E-state index in [4.69, 9.17) is 28.9 Å². The number of hydrogen-bond donors (Lipinski definition) is 5. The molecule has 15 heteroatoms. The van der Waals surface area contributed by atoms with Gasteiger partial charge in [0, 0.05) is 29.1 Å². The van der Waals surface area contributed by atoms with Crippen LogP contribution in [0, 0.1) is 11.8 Å². The van der Waals surface area contributed by atoms with Gasteiger partial charge in [0.15, 0.2) is 0 Å². The third-order valence-corrected chi connectivity index (χ3v) is 10.1. The lowest BCUT2D eigenvalue weighted by Crippen LogP contribution is -2.67. The molecule has 1 aromatic heterocycles. The van der Waals surface area contributed by atoms with E-state index in [0.29, 0.717) is 39.4 Å². The first-order valence-electron chi connectivity index (χ1n) is 16.0. The first-order chi connectivity index (χ1) is 22.9. The van der Waals surface area contributed by atoms with Gasteiger partial charge in [-0.3, -0.25) is 19.3 Å². The molecule has 2 aromatic carbocycles. The molecule has 4 rings (SSSR count). The topological polar surface area (TPSA) is 158 Å². The van der Waals surface area contributed by atoms with Crippen molar-refractivity contribution in [2.75, 3.05) is 0 Å². The fourth-order valence-electron chi connectivity index (χ4n) is 6.41. The van der Waals surface area contributed by atoms with Gasteiger partial charge >= 0.3 is 12.3 Å². The zero-order valence-corrected chi connectivity index (χ0v) is 29.0. The summed E-state index contributed by atoms with van der Waals surface area (Å²) in [6.45, 7) is 6.45. The van der Waals surface area contributed by atoms with E-state index in [9.17, 15) is 37.5 Å². The average Bonchev–Trinajstić information content (AvgIpc) is 3.39. The molecule has 0 radical (unpaired) electrons. The molecule has 1 aliphatic rings. The Morgan fingerprint density at radius 2 is 1.76 bits per heavy atom. The molecule has 3 aromatic rings. The van der Waals surface area contributed by atoms with Gasteiger partial charge in [-0.2, -0.15) is 13.2 Å². The van der Waals surface area contributed by atoms with Gasteiger partial charge in [-0.25, -0.2) is 4.79 Å². The Morgan fingerprint density at radius 3 is 2.35 bits per heavy atom. The van der Waals surface area contributed by atoms with E-state index >= 15 is 0 Å². The molecule has 0 aliphatic heterocycles. The van der Waals surface area contributed by atoms with E-state index in [2.05, 4.69) is 15.6 Å². The second-order valence-corrected chi connectivity index (χ2v) is 13.7. The first-order valence-corrected chi connectivity index (χ1v) is 16.7. The van der Waals surface area contributed by atoms with Crippen LogP contribution in [0.1, 0.15) is 69.3 Å². The van der Waals surface area contributed by atoms with E-state index in [1.807, 2.05) is 6.92 Å². The molecule has 4 amide bonds. The summed E-state index contributed by atoms with van der Waals surface area (Å²) in [6.07, 6.45) is -5.12. The number of nitrogens with zero attached hydrogens (tertiary/aromatic N) is 1. The summed E-state index contributed by atoms with van der Waals surface area (Å²) >= 11 is 12.8. The van der Waals surface area contributed by atoms with Crippen LogP contribution in [0.5, 0.6) is 0 Å². The molecule has 0 saturated heterocycles. The Labute approximate surface area is 291 Å². The van der Waals surface area contributed by atoms with Crippen molar-refractivity contribution >= 4 is 57.9 Å². The van der Waals surface area contributed by atoms with Crippen molar-refractivity contribution in [3.8, 4) is 0 Å². The Kier molecular flexibility index (Phi) is 11.5. The smallest absolute Gasteiger partial charge is 0.416 e. The molecule has 49 heavy (non-hydrogen) atoms. The van der Waals surface area contributed by atoms with E-state index in [-0.39, 0.29) is 30.7 Å². The van der Waals surface area contributed by atoms with Crippen molar-refractivity contribution in [2.45, 2.75) is 90.1 Å². The van der Waals surface area contributed by atoms with Crippen LogP contribution < -0.4 is 16.4 Å². The lowest BCUT2D eigenvalue weighted by Gasteiger charge is -2.41. The van der Waals surface area contributed by atoms with Crippen molar-refractivity contribution in [3.63, 3.8) is 0 Å². The summed E-state index contributed by atoms with van der Waals surface area (Å²) < 4.78 is 40.4. The molecule has 10 nitrogen and oxygen atoms in total. The fourth-order valence-corrected chi connectivity index (χ4v) is 6.95. The van der Waals surface area contributed by atoms with Gasteiger partial charge in [0.05, 0.1) is 16.1 Å². The number of carbonyl (C=O) groups is 4. The zero-order chi connectivity index (χ0) is 36.4. The Morgan fingerprint density at radius 1 is 1.08 bits per heavy atom. The number of fused-ring (bicyclic) bond motifs is 3. The van der Waals surface area contributed by atoms with Crippen molar-refractivity contribution in [1.29, 1.82) is 0 Å². The largest absolute Gasteiger partial charge is 0.465 e. The summed E-state index contributed by atoms with van der Waals surface area (Å²) in [6, 6.07) is 5.01. The predicted molar refractivity (Wildman–Crippen MR) is 180 cm³/mol. The monoisotopic (exact) mass is 725 g/mol. The van der Waals surface area contributed by atoms with Gasteiger partial charge in [0.2, 0.25) is 17.7 Å². The van der Waals surface area contributed by atoms with Gasteiger partial charge in [-0.05, 0) is 60.1 Å². The quantitative estimate of drug-likeness (QED) is 0.145. The standard InChI is InChI=1S/C34H40Cl2F3N5O5/c1-5-17(3)26(29(40)45)42-31(47)33(11-10-25-23(15-33)22-13-21(35)14-24(36)27(22)41-25)43-30(46)28(18(4)6-2)44(32(48)49)16-19-8-7-9-20(12-19)34(37,38)39/h7-9,12-14,17-18,26,28,41H,5-6,10-11,15-16H2,1-4H3,(H2,40,45)(H,42,47)(H,43,46)(H,48,49)/t17?,18?,26-,28-,33+/m0/s1. The van der Waals surface area contributed by atoms with Gasteiger partial charge in [-0.15, -0.1) is 0 Å². The number of hydrogen-bond acceptors (Lipinski definition) is 4. The number of halogens is 5. The van der Waals surface area contributed by atoms with E-state index in [0.717, 1.165) is 22.7 Å². The van der Waals surface area contributed by atoms with Gasteiger partial charge in [0.1, 0.15) is 17.6 Å². The minimum Gasteiger partial charge on any atom is -0.465 e. The predicted octanol–water partition coefficient (Wildman–Crippen LogP) is 6.45. The van der Waals surface area contributed by atoms with E-state index < -0.39 is 65.6 Å². The molecule has 1 heterocycles. The summed E-state index contributed by atoms with van der Waals surface area (Å²) in [4.78, 5) is 58.0. The highest BCUT2D eigenvalue weighted by Crippen LogP contribution is 2.39. The number of aromatic nitrogens is 1. The van der Waals surface area contributed by atoms with Crippen molar-refractivity contribution in [2.24, 2.45) is 17.6 Å². The average molecular weight is 727 g/mol. The molecule has 266 valence electrons. The molecular formula is C34H40Cl2F3N5O5. The maximum Gasteiger partial charge on any atom is 0.416 e. The van der Waals surface area contributed by atoms with Gasteiger partial charge in [-0.1, -0.05) is 75.9 Å². The van der Waals surface area contributed by atoms with Crippen LogP contribution in [0.25, 0.3) is 10.9 Å². The molecule has 0 bridgehead atoms. The van der Waals surface area contributed by atoms with Crippen LogP contribution in [0.2, 0.25) is 10.0 Å². The summed E-state index contributed by atoms with van der Waals surface area (Å²) in [5, 5.41) is 17.2. The SMILES string of the molecule is CCC(C)[C@H](NC(=O)[C@@]1(NC(=O)[C@H](C(C)CC)N(Cc2cccc(C(F)(F)F)c2)C(=O)O)CCc2[nH]c3c(Cl)cc(Cl)cc3c2C1)C(N)=O. The molecule has 0 fully saturated rings. The second-order valence-electron chi connectivity index (χ2n) is 12.8. The van der Waals surface area contributed by atoms with Crippen molar-refractivity contribution < 1.29 is 37.5 Å². The summed E-state index contributed by atoms with van der Waals surface area (Å²) in [7, 11) is 0. The highest BCUT2D eigenvalue weighted by molar-refractivity contribution is 6.38. The minimum atomic E-state index is -4.66. The number of alkyl halides is 3. The van der Waals surface area contributed by atoms with Crippen LogP contribution in [0.15, 0.2) is 36.4 Å². The zero-order valence-electron chi connectivity index (χ0n) is 27.5. The van der Waals surface area contributed by atoms with E-state index in [1.165, 1.54) is 12.1 Å². The normalized spacial score (nSPS) is 18.6. The van der Waals surface area contributed by atoms with Crippen LogP contribution >= 0.6 is 23.2 Å². The van der Waals surface area contributed by atoms with Crippen molar-refractivity contribution in [3.05, 3.63) is 68.8 Å². The highest BCUT2D eigenvalue weighted by atomic mass is 35.5. The van der Waals surface area contributed by atoms with Crippen LogP contribution in [-0.2, 0) is 39.9 Å². The number of aromatic amines is 1. The van der Waals surface area contributed by atoms with Crippen LogP contribution in [-0.4, -0.2) is 56.4 Å². The summed E-state index contributed by atoms with van der Waals surface area (Å²) in [5.74, 6) is -3.24. The number of rotatable bonds is 12. The lowest BCUT2D eigenvalue weighted by molar-refractivity contribution is -0.139. The highest BCUT2D eigenvalue weighted by Gasteiger charge is 2.48. The molecule has 5 atom stereocenters. The number of primary amides is 1. The van der Waals surface area contributed by atoms with Crippen LogP contribution in [0.4, 0.5) is 18.0 Å². The minimum absolute atomic E-state index is 0.0264. The Balaban J connectivity index is 1.79. The summed E-state index contributed by atoms with van der Waals surface area (Å²) in [5.41, 5.74) is 5.05. The maximum absolute atomic E-state index is 14.4. The van der Waals surface area contributed by atoms with E-state index in [1.54, 1.807) is 32.9 Å². The number of aryl methyl sites for hydroxylation is 1. The number of benzene rings is 2. The number of carboxylic acid groups (broad SMARTS) is 1. The molecule has 0 saturated carbocycles. The maximum atomic E-state index is 14.4. The molecule has 1 aliphatic carbocycles. The third kappa shape index (κ3) is 8.09. The Hall–Kier alpha value is -3.97. The Bertz CT molecular complexity index is 1750. The van der Waals surface area contributed by atoms with Gasteiger partial charge in [0.25, 0.3) is 0 Å². The van der Waals surface area contributed by atoms with Crippen molar-refractivity contribution in [1.82, 2.24) is 20.5 Å². The number of carbonyl (C=O) groups excluding carboxylic acids is 3. The molecule has 2 unspecified atom stereocenters. The second kappa shape index (κ2) is 14.9. The van der Waals surface area contributed by atoms with Gasteiger partial charge < -0.3 is 26.5 Å². The molecule has 0 spiro atoms. The molecular weight excluding hydrogens is 686 g/mol. The lowest BCUT2D eigenvalue weighted by atomic mass is 9.78. The molecule has 6 N–H and O–H groups in total. The van der Waals surface area contributed by atoms with Crippen LogP contribution in [0.3, 0.4) is 0 Å². The number of H-pyrrole nitrogens is 1. The number of amides is 4. The number of nitrogens with one attached hydrogen (secondary N) is 3.